The van der Waals surface area contributed by atoms with Gasteiger partial charge >= 0.3 is 0 Å². The monoisotopic (exact) mass is 131 g/mol. The summed E-state index contributed by atoms with van der Waals surface area (Å²) in [4.78, 5) is 0. The van der Waals surface area contributed by atoms with Gasteiger partial charge in [0.15, 0.2) is 0 Å². The molecule has 2 heteroatoms. The lowest BCUT2D eigenvalue weighted by Gasteiger charge is -2.12. The van der Waals surface area contributed by atoms with E-state index in [-0.39, 0.29) is 6.61 Å². The van der Waals surface area contributed by atoms with E-state index in [1.165, 1.54) is 0 Å². The first-order chi connectivity index (χ1) is 4.35. The predicted octanol–water partition coefficient (Wildman–Crippen LogP) is 0.757. The van der Waals surface area contributed by atoms with E-state index in [9.17, 15) is 0 Å². The van der Waals surface area contributed by atoms with E-state index >= 15 is 0 Å². The molecule has 0 aromatic rings. The van der Waals surface area contributed by atoms with Crippen molar-refractivity contribution in [2.45, 2.75) is 32.7 Å². The van der Waals surface area contributed by atoms with Crippen molar-refractivity contribution in [2.24, 2.45) is 0 Å². The molecule has 0 rings (SSSR count). The van der Waals surface area contributed by atoms with Crippen LogP contribution in [0.1, 0.15) is 26.7 Å². The van der Waals surface area contributed by atoms with Crippen LogP contribution in [0.15, 0.2) is 0 Å². The molecule has 2 N–H and O–H groups in total. The first-order valence-electron chi connectivity index (χ1n) is 3.69. The summed E-state index contributed by atoms with van der Waals surface area (Å²) in [6, 6.07) is 0.319. The molecule has 0 aliphatic carbocycles. The van der Waals surface area contributed by atoms with Gasteiger partial charge < -0.3 is 10.4 Å². The number of aliphatic hydroxyl groups excluding tert-OH is 1. The summed E-state index contributed by atoms with van der Waals surface area (Å²) in [5.41, 5.74) is 0. The van der Waals surface area contributed by atoms with Gasteiger partial charge in [-0.25, -0.2) is 0 Å². The molecule has 9 heavy (non-hydrogen) atoms. The molecule has 1 atom stereocenters. The van der Waals surface area contributed by atoms with Gasteiger partial charge in [-0.3, -0.25) is 0 Å². The topological polar surface area (TPSA) is 32.3 Å². The van der Waals surface area contributed by atoms with Crippen molar-refractivity contribution in [1.82, 2.24) is 5.32 Å². The Morgan fingerprint density at radius 3 is 2.44 bits per heavy atom. The normalized spacial score (nSPS) is 13.7. The lowest BCUT2D eigenvalue weighted by atomic mass is 10.2. The minimum atomic E-state index is 0.266. The highest BCUT2D eigenvalue weighted by Gasteiger charge is 2.01. The smallest absolute Gasteiger partial charge is 0.0584 e. The highest BCUT2D eigenvalue weighted by Crippen LogP contribution is 1.93. The van der Waals surface area contributed by atoms with Crippen LogP contribution in [0.5, 0.6) is 0 Å². The minimum Gasteiger partial charge on any atom is -0.395 e. The average molecular weight is 131 g/mol. The Labute approximate surface area is 57.3 Å². The molecule has 0 spiro atoms. The van der Waals surface area contributed by atoms with E-state index in [2.05, 4.69) is 19.2 Å². The summed E-state index contributed by atoms with van der Waals surface area (Å²) >= 11 is 0. The Hall–Kier alpha value is -0.0800. The van der Waals surface area contributed by atoms with Crippen LogP contribution in [0.25, 0.3) is 0 Å². The maximum absolute atomic E-state index is 8.73. The Morgan fingerprint density at radius 1 is 1.44 bits per heavy atom. The van der Waals surface area contributed by atoms with Crippen LogP contribution in [0.4, 0.5) is 0 Å². The second-order valence-corrected chi connectivity index (χ2v) is 2.23. The van der Waals surface area contributed by atoms with Gasteiger partial charge in [-0.15, -0.1) is 0 Å². The van der Waals surface area contributed by atoms with Crippen molar-refractivity contribution in [3.8, 4) is 0 Å². The van der Waals surface area contributed by atoms with Crippen molar-refractivity contribution in [1.29, 1.82) is 0 Å². The molecule has 0 amide bonds. The highest BCUT2D eigenvalue weighted by atomic mass is 16.3. The quantitative estimate of drug-likeness (QED) is 0.577. The van der Waals surface area contributed by atoms with E-state index in [0.29, 0.717) is 6.04 Å². The highest BCUT2D eigenvalue weighted by molar-refractivity contribution is 4.61. The second-order valence-electron chi connectivity index (χ2n) is 2.23. The van der Waals surface area contributed by atoms with Crippen molar-refractivity contribution in [3.63, 3.8) is 0 Å². The number of hydrogen-bond donors (Lipinski definition) is 2. The van der Waals surface area contributed by atoms with Crippen LogP contribution in [0, 0.1) is 0 Å². The number of nitrogens with one attached hydrogen (secondary N) is 1. The van der Waals surface area contributed by atoms with Crippen molar-refractivity contribution < 1.29 is 5.11 Å². The lowest BCUT2D eigenvalue weighted by molar-refractivity contribution is 0.237. The third-order valence-corrected chi connectivity index (χ3v) is 1.35. The minimum absolute atomic E-state index is 0.266. The first-order valence-corrected chi connectivity index (χ1v) is 3.69. The van der Waals surface area contributed by atoms with Gasteiger partial charge in [-0.2, -0.15) is 0 Å². The maximum Gasteiger partial charge on any atom is 0.0584 e. The molecule has 56 valence electrons. The van der Waals surface area contributed by atoms with Gasteiger partial charge in [-0.05, 0) is 13.0 Å². The van der Waals surface area contributed by atoms with Crippen molar-refractivity contribution in [2.75, 3.05) is 13.2 Å². The van der Waals surface area contributed by atoms with Crippen LogP contribution in [-0.2, 0) is 0 Å². The van der Waals surface area contributed by atoms with Crippen molar-refractivity contribution in [3.05, 3.63) is 0 Å². The molecular weight excluding hydrogens is 114 g/mol. The number of rotatable bonds is 5. The third kappa shape index (κ3) is 4.43. The van der Waals surface area contributed by atoms with Gasteiger partial charge in [0, 0.05) is 6.04 Å². The zero-order valence-corrected chi connectivity index (χ0v) is 6.35. The Balaban J connectivity index is 3.18. The summed E-state index contributed by atoms with van der Waals surface area (Å²) in [7, 11) is 0. The maximum atomic E-state index is 8.73. The number of aliphatic hydroxyl groups is 1. The van der Waals surface area contributed by atoms with Crippen LogP contribution < -0.4 is 5.32 Å². The molecule has 0 bridgehead atoms. The second kappa shape index (κ2) is 6.05. The SMILES string of the molecule is CCCC(CO)NCC. The van der Waals surface area contributed by atoms with E-state index < -0.39 is 0 Å². The molecule has 0 saturated heterocycles. The Morgan fingerprint density at radius 2 is 2.11 bits per heavy atom. The molecule has 1 unspecified atom stereocenters. The zero-order valence-electron chi connectivity index (χ0n) is 6.35. The van der Waals surface area contributed by atoms with E-state index in [4.69, 9.17) is 5.11 Å². The van der Waals surface area contributed by atoms with Crippen molar-refractivity contribution >= 4 is 0 Å². The molecular formula is C7H17NO. The molecule has 2 nitrogen and oxygen atoms in total. The Bertz CT molecular complexity index is 50.9. The molecule has 0 aliphatic rings. The Kier molecular flexibility index (Phi) is 5.99. The van der Waals surface area contributed by atoms with Crippen LogP contribution in [0.2, 0.25) is 0 Å². The molecule has 0 aliphatic heterocycles. The molecule has 0 aromatic carbocycles. The zero-order chi connectivity index (χ0) is 7.11. The summed E-state index contributed by atoms with van der Waals surface area (Å²) in [5, 5.41) is 11.9. The lowest BCUT2D eigenvalue weighted by Crippen LogP contribution is -2.31. The molecule has 0 fully saturated rings. The molecule has 0 saturated carbocycles. The van der Waals surface area contributed by atoms with Gasteiger partial charge in [0.1, 0.15) is 0 Å². The number of likely N-dealkylation sites (N-methyl/N-ethyl adjacent to an activating group) is 1. The van der Waals surface area contributed by atoms with Crippen LogP contribution >= 0.6 is 0 Å². The summed E-state index contributed by atoms with van der Waals surface area (Å²) in [6.45, 7) is 5.39. The predicted molar refractivity (Wildman–Crippen MR) is 39.5 cm³/mol. The van der Waals surface area contributed by atoms with E-state index in [1.807, 2.05) is 0 Å². The van der Waals surface area contributed by atoms with E-state index in [1.54, 1.807) is 0 Å². The van der Waals surface area contributed by atoms with E-state index in [0.717, 1.165) is 19.4 Å². The van der Waals surface area contributed by atoms with Crippen LogP contribution in [-0.4, -0.2) is 24.3 Å². The first kappa shape index (κ1) is 8.92. The molecule has 0 aromatic heterocycles. The largest absolute Gasteiger partial charge is 0.395 e. The van der Waals surface area contributed by atoms with Gasteiger partial charge in [0.25, 0.3) is 0 Å². The standard InChI is InChI=1S/C7H17NO/c1-3-5-7(6-9)8-4-2/h7-9H,3-6H2,1-2H3. The average Bonchev–Trinajstić information content (AvgIpc) is 1.88. The van der Waals surface area contributed by atoms with Gasteiger partial charge in [0.05, 0.1) is 6.61 Å². The summed E-state index contributed by atoms with van der Waals surface area (Å²) < 4.78 is 0. The van der Waals surface area contributed by atoms with Gasteiger partial charge in [-0.1, -0.05) is 20.3 Å². The fourth-order valence-electron chi connectivity index (χ4n) is 0.895. The summed E-state index contributed by atoms with van der Waals surface area (Å²) in [5.74, 6) is 0. The summed E-state index contributed by atoms with van der Waals surface area (Å²) in [6.07, 6.45) is 2.21. The fraction of sp³-hybridized carbons (Fsp3) is 1.00. The van der Waals surface area contributed by atoms with Crippen LogP contribution in [0.3, 0.4) is 0 Å². The third-order valence-electron chi connectivity index (χ3n) is 1.35. The fourth-order valence-corrected chi connectivity index (χ4v) is 0.895. The molecule has 0 radical (unpaired) electrons. The van der Waals surface area contributed by atoms with Gasteiger partial charge in [0.2, 0.25) is 0 Å². The number of hydrogen-bond acceptors (Lipinski definition) is 2. The molecule has 0 heterocycles.